The first-order valence-electron chi connectivity index (χ1n) is 8.98. The molecule has 0 radical (unpaired) electrons. The number of nitrogens with one attached hydrogen (secondary N) is 1. The van der Waals surface area contributed by atoms with Crippen molar-refractivity contribution in [3.8, 4) is 0 Å². The van der Waals surface area contributed by atoms with Crippen LogP contribution in [-0.2, 0) is 29.0 Å². The number of rotatable bonds is 3. The number of fused-ring (bicyclic) bond motifs is 1. The third-order valence-electron chi connectivity index (χ3n) is 5.46. The molecule has 4 nitrogen and oxygen atoms in total. The van der Waals surface area contributed by atoms with Gasteiger partial charge in [0.25, 0.3) is 0 Å². The Morgan fingerprint density at radius 2 is 2.21 bits per heavy atom. The summed E-state index contributed by atoms with van der Waals surface area (Å²) < 4.78 is 5.04. The number of likely N-dealkylation sites (tertiary alicyclic amines) is 1. The predicted molar refractivity (Wildman–Crippen MR) is 98.1 cm³/mol. The zero-order valence-corrected chi connectivity index (χ0v) is 16.2. The van der Waals surface area contributed by atoms with E-state index >= 15 is 0 Å². The van der Waals surface area contributed by atoms with Crippen molar-refractivity contribution in [2.45, 2.75) is 46.7 Å². The number of esters is 1. The first-order valence-corrected chi connectivity index (χ1v) is 9.80. The van der Waals surface area contributed by atoms with Crippen molar-refractivity contribution in [2.75, 3.05) is 26.7 Å². The van der Waals surface area contributed by atoms with Gasteiger partial charge in [-0.05, 0) is 35.8 Å². The molecule has 1 aromatic rings. The molecule has 1 saturated heterocycles. The molecule has 3 heterocycles. The molecule has 0 saturated carbocycles. The second kappa shape index (κ2) is 7.14. The maximum absolute atomic E-state index is 12.1. The van der Waals surface area contributed by atoms with Crippen LogP contribution in [0.25, 0.3) is 0 Å². The number of carbonyl (C=O) groups excluding carboxylic acids is 1. The Labute approximate surface area is 149 Å². The summed E-state index contributed by atoms with van der Waals surface area (Å²) in [6.07, 6.45) is 2.09. The number of hydrogen-bond acceptors (Lipinski definition) is 5. The topological polar surface area (TPSA) is 41.6 Å². The summed E-state index contributed by atoms with van der Waals surface area (Å²) in [5, 5.41) is 3.45. The maximum Gasteiger partial charge on any atom is 0.309 e. The van der Waals surface area contributed by atoms with Crippen LogP contribution in [0, 0.1) is 17.3 Å². The summed E-state index contributed by atoms with van der Waals surface area (Å²) in [6.45, 7) is 11.8. The van der Waals surface area contributed by atoms with Gasteiger partial charge in [0, 0.05) is 42.5 Å². The van der Waals surface area contributed by atoms with E-state index in [0.717, 1.165) is 45.6 Å². The number of nitrogens with zero attached hydrogens (tertiary/aromatic N) is 1. The highest BCUT2D eigenvalue weighted by Gasteiger charge is 2.37. The van der Waals surface area contributed by atoms with Gasteiger partial charge in [-0.25, -0.2) is 0 Å². The van der Waals surface area contributed by atoms with E-state index in [9.17, 15) is 4.79 Å². The van der Waals surface area contributed by atoms with Gasteiger partial charge in [0.2, 0.25) is 0 Å². The first-order chi connectivity index (χ1) is 11.4. The number of ether oxygens (including phenoxy) is 1. The molecule has 1 aromatic heterocycles. The molecule has 1 N–H and O–H groups in total. The number of thiophene rings is 1. The van der Waals surface area contributed by atoms with Gasteiger partial charge in [-0.15, -0.1) is 11.3 Å². The second-order valence-corrected chi connectivity index (χ2v) is 9.52. The third-order valence-corrected chi connectivity index (χ3v) is 6.68. The fourth-order valence-electron chi connectivity index (χ4n) is 3.90. The van der Waals surface area contributed by atoms with E-state index in [1.807, 2.05) is 11.3 Å². The van der Waals surface area contributed by atoms with Crippen molar-refractivity contribution in [3.05, 3.63) is 21.4 Å². The minimum Gasteiger partial charge on any atom is -0.469 e. The molecule has 1 fully saturated rings. The smallest absolute Gasteiger partial charge is 0.309 e. The normalized spacial score (nSPS) is 25.3. The van der Waals surface area contributed by atoms with Gasteiger partial charge in [-0.1, -0.05) is 20.8 Å². The molecular weight excluding hydrogens is 320 g/mol. The molecule has 3 rings (SSSR count). The van der Waals surface area contributed by atoms with Crippen LogP contribution in [0.2, 0.25) is 0 Å². The summed E-state index contributed by atoms with van der Waals surface area (Å²) >= 11 is 1.96. The van der Waals surface area contributed by atoms with Crippen LogP contribution in [0.4, 0.5) is 0 Å². The van der Waals surface area contributed by atoms with E-state index in [0.29, 0.717) is 5.92 Å². The zero-order valence-electron chi connectivity index (χ0n) is 15.4. The first kappa shape index (κ1) is 17.9. The molecule has 0 aromatic carbocycles. The van der Waals surface area contributed by atoms with Crippen LogP contribution in [0.3, 0.4) is 0 Å². The Kier molecular flexibility index (Phi) is 5.33. The molecule has 134 valence electrons. The Morgan fingerprint density at radius 3 is 2.88 bits per heavy atom. The van der Waals surface area contributed by atoms with Crippen molar-refractivity contribution in [2.24, 2.45) is 17.3 Å². The Morgan fingerprint density at radius 1 is 1.42 bits per heavy atom. The van der Waals surface area contributed by atoms with E-state index in [4.69, 9.17) is 4.74 Å². The van der Waals surface area contributed by atoms with Crippen molar-refractivity contribution in [1.29, 1.82) is 0 Å². The molecule has 0 unspecified atom stereocenters. The van der Waals surface area contributed by atoms with Gasteiger partial charge in [0.05, 0.1) is 13.0 Å². The van der Waals surface area contributed by atoms with Crippen LogP contribution >= 0.6 is 11.3 Å². The van der Waals surface area contributed by atoms with Crippen molar-refractivity contribution in [1.82, 2.24) is 10.2 Å². The van der Waals surface area contributed by atoms with Crippen LogP contribution in [0.1, 0.15) is 42.5 Å². The average Bonchev–Trinajstić information content (AvgIpc) is 2.95. The molecule has 0 aliphatic carbocycles. The quantitative estimate of drug-likeness (QED) is 0.851. The van der Waals surface area contributed by atoms with E-state index in [2.05, 4.69) is 37.1 Å². The molecule has 0 amide bonds. The van der Waals surface area contributed by atoms with Crippen molar-refractivity contribution >= 4 is 17.3 Å². The molecule has 0 bridgehead atoms. The van der Waals surface area contributed by atoms with Gasteiger partial charge in [0.1, 0.15) is 0 Å². The highest BCUT2D eigenvalue weighted by molar-refractivity contribution is 7.12. The average molecular weight is 351 g/mol. The molecule has 2 aliphatic heterocycles. The summed E-state index contributed by atoms with van der Waals surface area (Å²) in [7, 11) is 1.51. The standard InChI is InChI=1S/C19H30N2O2S/c1-19(2,3)15-7-14(18(22)23-4)10-21(11-15)12-16-8-13-9-20-6-5-17(13)24-16/h8,14-15,20H,5-7,9-12H2,1-4H3/t14-,15-/m1/s1. The van der Waals surface area contributed by atoms with Crippen molar-refractivity contribution in [3.63, 3.8) is 0 Å². The van der Waals surface area contributed by atoms with Gasteiger partial charge < -0.3 is 10.1 Å². The Hall–Kier alpha value is -0.910. The number of hydrogen-bond donors (Lipinski definition) is 1. The lowest BCUT2D eigenvalue weighted by molar-refractivity contribution is -0.149. The second-order valence-electron chi connectivity index (χ2n) is 8.30. The van der Waals surface area contributed by atoms with Gasteiger partial charge in [0.15, 0.2) is 0 Å². The summed E-state index contributed by atoms with van der Waals surface area (Å²) in [5.74, 6) is 0.472. The Bertz CT molecular complexity index is 567. The SMILES string of the molecule is COC(=O)[C@@H]1C[C@@H](C(C)(C)C)CN(Cc2cc3c(s2)CCNC3)C1. The van der Waals surface area contributed by atoms with Crippen LogP contribution in [-0.4, -0.2) is 37.6 Å². The largest absolute Gasteiger partial charge is 0.469 e. The van der Waals surface area contributed by atoms with Crippen LogP contribution in [0.15, 0.2) is 6.07 Å². The fraction of sp³-hybridized carbons (Fsp3) is 0.737. The van der Waals surface area contributed by atoms with Crippen LogP contribution in [0.5, 0.6) is 0 Å². The fourth-order valence-corrected chi connectivity index (χ4v) is 5.13. The molecule has 2 aliphatic rings. The molecule has 0 spiro atoms. The summed E-state index contributed by atoms with van der Waals surface area (Å²) in [5.41, 5.74) is 1.68. The van der Waals surface area contributed by atoms with E-state index in [1.165, 1.54) is 22.4 Å². The van der Waals surface area contributed by atoms with Gasteiger partial charge >= 0.3 is 5.97 Å². The molecule has 5 heteroatoms. The molecule has 24 heavy (non-hydrogen) atoms. The monoisotopic (exact) mass is 350 g/mol. The lowest BCUT2D eigenvalue weighted by Gasteiger charge is -2.42. The number of carbonyl (C=O) groups is 1. The van der Waals surface area contributed by atoms with E-state index in [-0.39, 0.29) is 17.3 Å². The molecule has 2 atom stereocenters. The summed E-state index contributed by atoms with van der Waals surface area (Å²) in [6, 6.07) is 2.36. The lowest BCUT2D eigenvalue weighted by Crippen LogP contribution is -2.46. The third kappa shape index (κ3) is 4.01. The predicted octanol–water partition coefficient (Wildman–Crippen LogP) is 3.05. The highest BCUT2D eigenvalue weighted by atomic mass is 32.1. The lowest BCUT2D eigenvalue weighted by atomic mass is 9.73. The minimum absolute atomic E-state index is 0.00392. The van der Waals surface area contributed by atoms with E-state index in [1.54, 1.807) is 0 Å². The van der Waals surface area contributed by atoms with E-state index < -0.39 is 0 Å². The minimum atomic E-state index is -0.0522. The van der Waals surface area contributed by atoms with Crippen LogP contribution < -0.4 is 5.32 Å². The maximum atomic E-state index is 12.1. The number of piperidine rings is 1. The van der Waals surface area contributed by atoms with Gasteiger partial charge in [-0.3, -0.25) is 9.69 Å². The van der Waals surface area contributed by atoms with Gasteiger partial charge in [-0.2, -0.15) is 0 Å². The highest BCUT2D eigenvalue weighted by Crippen LogP contribution is 2.37. The zero-order chi connectivity index (χ0) is 17.3. The van der Waals surface area contributed by atoms with Crippen molar-refractivity contribution < 1.29 is 9.53 Å². The number of methoxy groups -OCH3 is 1. The molecular formula is C19H30N2O2S. The summed E-state index contributed by atoms with van der Waals surface area (Å²) in [4.78, 5) is 17.6. The Balaban J connectivity index is 1.73.